The zero-order valence-corrected chi connectivity index (χ0v) is 19.5. The van der Waals surface area contributed by atoms with Crippen molar-refractivity contribution < 1.29 is 42.4 Å². The van der Waals surface area contributed by atoms with E-state index >= 15 is 0 Å². The Morgan fingerprint density at radius 3 is 2.33 bits per heavy atom. The van der Waals surface area contributed by atoms with Crippen LogP contribution in [0.1, 0.15) is 60.3 Å². The Balaban J connectivity index is 1.91. The molecule has 1 amide bonds. The molecule has 36 heavy (non-hydrogen) atoms. The lowest BCUT2D eigenvalue weighted by atomic mass is 9.96. The van der Waals surface area contributed by atoms with Crippen LogP contribution < -0.4 is 14.4 Å². The van der Waals surface area contributed by atoms with Gasteiger partial charge in [-0.2, -0.15) is 8.78 Å². The third-order valence-corrected chi connectivity index (χ3v) is 6.09. The summed E-state index contributed by atoms with van der Waals surface area (Å²) in [4.78, 5) is 25.9. The minimum Gasteiger partial charge on any atom is -0.492 e. The molecule has 0 spiro atoms. The Bertz CT molecular complexity index is 1330. The van der Waals surface area contributed by atoms with E-state index in [-0.39, 0.29) is 52.3 Å². The molecule has 0 aliphatic carbocycles. The Hall–Kier alpha value is -3.79. The van der Waals surface area contributed by atoms with Crippen LogP contribution in [0.4, 0.5) is 18.9 Å². The highest BCUT2D eigenvalue weighted by atomic mass is 19.3. The molecule has 190 valence electrons. The fourth-order valence-corrected chi connectivity index (χ4v) is 4.52. The average Bonchev–Trinajstić information content (AvgIpc) is 3.09. The highest BCUT2D eigenvalue weighted by Gasteiger charge is 2.44. The molecule has 4 rings (SSSR count). The molecule has 7 nitrogen and oxygen atoms in total. The van der Waals surface area contributed by atoms with E-state index in [4.69, 9.17) is 9.47 Å². The first-order valence-corrected chi connectivity index (χ1v) is 11.4. The number of fused-ring (bicyclic) bond motifs is 2. The number of alkyl halides is 2. The van der Waals surface area contributed by atoms with Gasteiger partial charge >= 0.3 is 12.6 Å². The second-order valence-corrected chi connectivity index (χ2v) is 8.27. The van der Waals surface area contributed by atoms with E-state index in [0.29, 0.717) is 11.8 Å². The van der Waals surface area contributed by atoms with Crippen molar-refractivity contribution in [2.24, 2.45) is 0 Å². The molecule has 0 radical (unpaired) electrons. The van der Waals surface area contributed by atoms with Crippen LogP contribution in [0.2, 0.25) is 0 Å². The van der Waals surface area contributed by atoms with Crippen LogP contribution in [0, 0.1) is 5.82 Å². The molecule has 0 bridgehead atoms. The van der Waals surface area contributed by atoms with Crippen molar-refractivity contribution in [3.8, 4) is 11.5 Å². The summed E-state index contributed by atoms with van der Waals surface area (Å²) in [6.45, 7) is 0.426. The summed E-state index contributed by atoms with van der Waals surface area (Å²) in [7, 11) is 0. The molecule has 2 unspecified atom stereocenters. The topological polar surface area (TPSA) is 96.3 Å². The number of anilines is 1. The number of amides is 1. The number of aliphatic hydroxyl groups is 1. The van der Waals surface area contributed by atoms with E-state index < -0.39 is 36.5 Å². The van der Waals surface area contributed by atoms with Crippen LogP contribution in [0.15, 0.2) is 42.5 Å². The minimum absolute atomic E-state index is 0.0770. The first-order chi connectivity index (χ1) is 17.2. The molecule has 0 saturated heterocycles. The largest absolute Gasteiger partial charge is 0.492 e. The molecule has 2 N–H and O–H groups in total. The molecule has 0 aromatic heterocycles. The maximum Gasteiger partial charge on any atom is 0.387 e. The Morgan fingerprint density at radius 2 is 1.78 bits per heavy atom. The summed E-state index contributed by atoms with van der Waals surface area (Å²) in [5.41, 5.74) is -0.538. The van der Waals surface area contributed by atoms with E-state index in [2.05, 4.69) is 0 Å². The summed E-state index contributed by atoms with van der Waals surface area (Å²) >= 11 is 0. The summed E-state index contributed by atoms with van der Waals surface area (Å²) in [6, 6.07) is 9.82. The van der Waals surface area contributed by atoms with E-state index in [1.807, 2.05) is 6.92 Å². The fourth-order valence-electron chi connectivity index (χ4n) is 4.52. The van der Waals surface area contributed by atoms with Gasteiger partial charge in [-0.05, 0) is 25.0 Å². The third kappa shape index (κ3) is 4.21. The number of carbonyl (C=O) groups is 2. The molecule has 1 aliphatic heterocycles. The van der Waals surface area contributed by atoms with Gasteiger partial charge in [0.15, 0.2) is 6.23 Å². The predicted molar refractivity (Wildman–Crippen MR) is 125 cm³/mol. The highest BCUT2D eigenvalue weighted by Crippen LogP contribution is 2.50. The van der Waals surface area contributed by atoms with Crippen molar-refractivity contribution >= 4 is 28.3 Å². The van der Waals surface area contributed by atoms with Crippen molar-refractivity contribution in [2.45, 2.75) is 45.4 Å². The van der Waals surface area contributed by atoms with Gasteiger partial charge in [-0.25, -0.2) is 4.39 Å². The SMILES string of the molecule is CCCOc1c2c(c(OC(F)F)c3ccccc13)C(O)N(c1ccc(C(CC)C(=O)O)c(F)c1)C2=O. The Morgan fingerprint density at radius 1 is 1.11 bits per heavy atom. The Labute approximate surface area is 204 Å². The average molecular weight is 503 g/mol. The molecule has 3 aromatic carbocycles. The predicted octanol–water partition coefficient (Wildman–Crippen LogP) is 5.60. The summed E-state index contributed by atoms with van der Waals surface area (Å²) in [5, 5.41) is 21.1. The van der Waals surface area contributed by atoms with E-state index in [1.54, 1.807) is 25.1 Å². The number of ether oxygens (including phenoxy) is 2. The van der Waals surface area contributed by atoms with Crippen molar-refractivity contribution in [1.29, 1.82) is 0 Å². The molecule has 2 atom stereocenters. The van der Waals surface area contributed by atoms with Crippen LogP contribution in [0.5, 0.6) is 11.5 Å². The number of aliphatic carboxylic acids is 1. The molecule has 1 aliphatic rings. The van der Waals surface area contributed by atoms with Crippen molar-refractivity contribution in [3.05, 3.63) is 65.0 Å². The first kappa shape index (κ1) is 25.3. The van der Waals surface area contributed by atoms with Gasteiger partial charge in [0.2, 0.25) is 0 Å². The smallest absolute Gasteiger partial charge is 0.387 e. The zero-order valence-electron chi connectivity index (χ0n) is 19.5. The fraction of sp³-hybridized carbons (Fsp3) is 0.308. The maximum atomic E-state index is 15.0. The molecular formula is C26H24F3NO6. The molecule has 10 heteroatoms. The number of nitrogens with zero attached hydrogens (tertiary/aromatic N) is 1. The van der Waals surface area contributed by atoms with Gasteiger partial charge in [0.1, 0.15) is 17.3 Å². The van der Waals surface area contributed by atoms with E-state index in [0.717, 1.165) is 11.0 Å². The number of benzene rings is 3. The molecule has 1 heterocycles. The van der Waals surface area contributed by atoms with Crippen molar-refractivity contribution in [2.75, 3.05) is 11.5 Å². The lowest BCUT2D eigenvalue weighted by Crippen LogP contribution is -2.28. The number of hydrogen-bond donors (Lipinski definition) is 2. The van der Waals surface area contributed by atoms with Crippen LogP contribution in [-0.2, 0) is 4.79 Å². The second-order valence-electron chi connectivity index (χ2n) is 8.27. The summed E-state index contributed by atoms with van der Waals surface area (Å²) in [5.74, 6) is -4.26. The van der Waals surface area contributed by atoms with Crippen LogP contribution in [-0.4, -0.2) is 35.3 Å². The standard InChI is InChI=1S/C26H24F3NO6/c1-3-11-35-21-16-7-5-6-8-17(16)22(36-26(28)29)20-19(21)23(31)30(24(20)32)13-9-10-15(18(27)12-13)14(4-2)25(33)34/h5-10,12,14,24,26,32H,3-4,11H2,1-2H3,(H,33,34). The lowest BCUT2D eigenvalue weighted by Gasteiger charge is -2.23. The minimum atomic E-state index is -3.24. The van der Waals surface area contributed by atoms with Crippen LogP contribution >= 0.6 is 0 Å². The monoisotopic (exact) mass is 503 g/mol. The highest BCUT2D eigenvalue weighted by molar-refractivity contribution is 6.17. The van der Waals surface area contributed by atoms with Crippen LogP contribution in [0.3, 0.4) is 0 Å². The van der Waals surface area contributed by atoms with Gasteiger partial charge in [-0.15, -0.1) is 0 Å². The van der Waals surface area contributed by atoms with Crippen molar-refractivity contribution in [3.63, 3.8) is 0 Å². The number of carboxylic acid groups (broad SMARTS) is 1. The van der Waals surface area contributed by atoms with Gasteiger partial charge in [0.25, 0.3) is 5.91 Å². The molecule has 3 aromatic rings. The number of rotatable bonds is 9. The number of carboxylic acids is 1. The van der Waals surface area contributed by atoms with Gasteiger partial charge < -0.3 is 19.7 Å². The van der Waals surface area contributed by atoms with Gasteiger partial charge in [0, 0.05) is 22.0 Å². The summed E-state index contributed by atoms with van der Waals surface area (Å²) < 4.78 is 52.4. The third-order valence-electron chi connectivity index (χ3n) is 6.09. The maximum absolute atomic E-state index is 15.0. The van der Waals surface area contributed by atoms with Crippen LogP contribution in [0.25, 0.3) is 10.8 Å². The number of aliphatic hydroxyl groups excluding tert-OH is 1. The second kappa shape index (κ2) is 10.1. The number of carbonyl (C=O) groups excluding carboxylic acids is 1. The normalized spacial score (nSPS) is 15.9. The van der Waals surface area contributed by atoms with E-state index in [1.165, 1.54) is 18.2 Å². The molecular weight excluding hydrogens is 479 g/mol. The van der Waals surface area contributed by atoms with Gasteiger partial charge in [0.05, 0.1) is 23.7 Å². The van der Waals surface area contributed by atoms with Gasteiger partial charge in [-0.3, -0.25) is 14.5 Å². The first-order valence-electron chi connectivity index (χ1n) is 11.4. The number of halogens is 3. The molecule has 0 saturated carbocycles. The summed E-state index contributed by atoms with van der Waals surface area (Å²) in [6.07, 6.45) is -1.06. The van der Waals surface area contributed by atoms with Crippen molar-refractivity contribution in [1.82, 2.24) is 0 Å². The molecule has 0 fully saturated rings. The zero-order chi connectivity index (χ0) is 26.1. The van der Waals surface area contributed by atoms with Gasteiger partial charge in [-0.1, -0.05) is 44.2 Å². The quantitative estimate of drug-likeness (QED) is 0.395. The van der Waals surface area contributed by atoms with E-state index in [9.17, 15) is 33.0 Å². The lowest BCUT2D eigenvalue weighted by molar-refractivity contribution is -0.138. The number of hydrogen-bond acceptors (Lipinski definition) is 5. The Kier molecular flexibility index (Phi) is 7.07.